The number of rotatable bonds is 8. The molecule has 8 nitrogen and oxygen atoms in total. The fourth-order valence-corrected chi connectivity index (χ4v) is 4.41. The first-order valence-corrected chi connectivity index (χ1v) is 10.7. The van der Waals surface area contributed by atoms with Gasteiger partial charge >= 0.3 is 0 Å². The van der Waals surface area contributed by atoms with Gasteiger partial charge in [0, 0.05) is 30.3 Å². The predicted octanol–water partition coefficient (Wildman–Crippen LogP) is 3.42. The molecule has 9 heteroatoms. The SMILES string of the molecule is CCN(CC)S(=O)(=O)c1ccc(C(C)NC(=O)c2ccc(C)c([N+](=O)[O-])c2)cc1. The number of hydrogen-bond donors (Lipinski definition) is 1. The minimum atomic E-state index is -3.54. The Morgan fingerprint density at radius 1 is 1.14 bits per heavy atom. The van der Waals surface area contributed by atoms with E-state index in [4.69, 9.17) is 0 Å². The van der Waals surface area contributed by atoms with E-state index in [1.165, 1.54) is 34.6 Å². The van der Waals surface area contributed by atoms with Gasteiger partial charge in [0.2, 0.25) is 10.0 Å². The summed E-state index contributed by atoms with van der Waals surface area (Å²) in [5, 5.41) is 13.8. The smallest absolute Gasteiger partial charge is 0.273 e. The summed E-state index contributed by atoms with van der Waals surface area (Å²) in [6.07, 6.45) is 0. The summed E-state index contributed by atoms with van der Waals surface area (Å²) in [5.74, 6) is -0.444. The Labute approximate surface area is 170 Å². The number of nitro benzene ring substituents is 1. The first-order chi connectivity index (χ1) is 13.6. The molecule has 0 aliphatic rings. The third-order valence-electron chi connectivity index (χ3n) is 4.74. The summed E-state index contributed by atoms with van der Waals surface area (Å²) in [5.41, 5.74) is 1.27. The standard InChI is InChI=1S/C20H25N3O5S/c1-5-22(6-2)29(27,28)18-11-9-16(10-12-18)15(4)21-20(24)17-8-7-14(3)19(13-17)23(25)26/h7-13,15H,5-6H2,1-4H3,(H,21,24). The van der Waals surface area contributed by atoms with Crippen LogP contribution in [0.4, 0.5) is 5.69 Å². The van der Waals surface area contributed by atoms with E-state index in [0.29, 0.717) is 18.7 Å². The van der Waals surface area contributed by atoms with Gasteiger partial charge < -0.3 is 5.32 Å². The molecule has 29 heavy (non-hydrogen) atoms. The maximum absolute atomic E-state index is 12.6. The second-order valence-corrected chi connectivity index (χ2v) is 8.55. The first-order valence-electron chi connectivity index (χ1n) is 9.27. The molecule has 0 saturated heterocycles. The molecule has 2 rings (SSSR count). The molecule has 1 atom stereocenters. The highest BCUT2D eigenvalue weighted by atomic mass is 32.2. The topological polar surface area (TPSA) is 110 Å². The summed E-state index contributed by atoms with van der Waals surface area (Å²) in [4.78, 5) is 23.2. The second kappa shape index (κ2) is 9.15. The Morgan fingerprint density at radius 3 is 2.24 bits per heavy atom. The van der Waals surface area contributed by atoms with Crippen LogP contribution in [0, 0.1) is 17.0 Å². The average Bonchev–Trinajstić information content (AvgIpc) is 2.68. The van der Waals surface area contributed by atoms with Crippen LogP contribution < -0.4 is 5.32 Å². The quantitative estimate of drug-likeness (QED) is 0.521. The molecule has 0 bridgehead atoms. The van der Waals surface area contributed by atoms with Crippen molar-refractivity contribution in [2.45, 2.75) is 38.6 Å². The van der Waals surface area contributed by atoms with E-state index in [1.54, 1.807) is 39.8 Å². The number of amides is 1. The van der Waals surface area contributed by atoms with Gasteiger partial charge in [0.25, 0.3) is 11.6 Å². The van der Waals surface area contributed by atoms with E-state index in [2.05, 4.69) is 5.32 Å². The van der Waals surface area contributed by atoms with Gasteiger partial charge in [-0.25, -0.2) is 8.42 Å². The molecule has 0 saturated carbocycles. The average molecular weight is 420 g/mol. The lowest BCUT2D eigenvalue weighted by molar-refractivity contribution is -0.385. The molecule has 156 valence electrons. The van der Waals surface area contributed by atoms with Gasteiger partial charge in [0.15, 0.2) is 0 Å². The Bertz CT molecular complexity index is 999. The van der Waals surface area contributed by atoms with Crippen molar-refractivity contribution in [2.75, 3.05) is 13.1 Å². The van der Waals surface area contributed by atoms with E-state index >= 15 is 0 Å². The minimum Gasteiger partial charge on any atom is -0.346 e. The second-order valence-electron chi connectivity index (χ2n) is 6.61. The molecule has 1 unspecified atom stereocenters. The molecule has 0 aromatic heterocycles. The number of benzene rings is 2. The lowest BCUT2D eigenvalue weighted by Crippen LogP contribution is -2.30. The van der Waals surface area contributed by atoms with Crippen molar-refractivity contribution >= 4 is 21.6 Å². The van der Waals surface area contributed by atoms with Gasteiger partial charge in [0.1, 0.15) is 0 Å². The lowest BCUT2D eigenvalue weighted by Gasteiger charge is -2.19. The van der Waals surface area contributed by atoms with Gasteiger partial charge in [-0.15, -0.1) is 0 Å². The molecule has 0 aliphatic heterocycles. The van der Waals surface area contributed by atoms with Gasteiger partial charge in [-0.05, 0) is 37.6 Å². The fraction of sp³-hybridized carbons (Fsp3) is 0.350. The van der Waals surface area contributed by atoms with Crippen LogP contribution in [0.1, 0.15) is 48.3 Å². The molecule has 0 heterocycles. The summed E-state index contributed by atoms with van der Waals surface area (Å²) < 4.78 is 26.5. The molecular formula is C20H25N3O5S. The van der Waals surface area contributed by atoms with Crippen molar-refractivity contribution in [3.63, 3.8) is 0 Å². The molecule has 0 spiro atoms. The molecule has 2 aromatic rings. The zero-order valence-electron chi connectivity index (χ0n) is 16.9. The summed E-state index contributed by atoms with van der Waals surface area (Å²) in [6, 6.07) is 10.2. The Morgan fingerprint density at radius 2 is 1.72 bits per heavy atom. The highest BCUT2D eigenvalue weighted by molar-refractivity contribution is 7.89. The number of nitro groups is 1. The highest BCUT2D eigenvalue weighted by Crippen LogP contribution is 2.22. The Kier molecular flexibility index (Phi) is 7.10. The van der Waals surface area contributed by atoms with Crippen LogP contribution in [0.5, 0.6) is 0 Å². The first kappa shape index (κ1) is 22.5. The van der Waals surface area contributed by atoms with Crippen LogP contribution in [0.2, 0.25) is 0 Å². The number of nitrogens with one attached hydrogen (secondary N) is 1. The van der Waals surface area contributed by atoms with E-state index in [1.807, 2.05) is 0 Å². The highest BCUT2D eigenvalue weighted by Gasteiger charge is 2.22. The summed E-state index contributed by atoms with van der Waals surface area (Å²) in [7, 11) is -3.54. The van der Waals surface area contributed by atoms with Gasteiger partial charge in [-0.3, -0.25) is 14.9 Å². The number of aryl methyl sites for hydroxylation is 1. The van der Waals surface area contributed by atoms with Crippen LogP contribution in [-0.2, 0) is 10.0 Å². The van der Waals surface area contributed by atoms with Crippen molar-refractivity contribution in [3.05, 3.63) is 69.3 Å². The third kappa shape index (κ3) is 4.99. The summed E-state index contributed by atoms with van der Waals surface area (Å²) in [6.45, 7) is 7.70. The number of sulfonamides is 1. The number of carbonyl (C=O) groups is 1. The van der Waals surface area contributed by atoms with Crippen molar-refractivity contribution in [1.82, 2.24) is 9.62 Å². The zero-order chi connectivity index (χ0) is 21.8. The van der Waals surface area contributed by atoms with Crippen LogP contribution in [0.15, 0.2) is 47.4 Å². The monoisotopic (exact) mass is 419 g/mol. The van der Waals surface area contributed by atoms with E-state index in [-0.39, 0.29) is 16.1 Å². The van der Waals surface area contributed by atoms with Gasteiger partial charge in [-0.2, -0.15) is 4.31 Å². The molecule has 0 aliphatic carbocycles. The number of nitrogens with zero attached hydrogens (tertiary/aromatic N) is 2. The van der Waals surface area contributed by atoms with E-state index in [0.717, 1.165) is 5.56 Å². The summed E-state index contributed by atoms with van der Waals surface area (Å²) >= 11 is 0. The third-order valence-corrected chi connectivity index (χ3v) is 6.80. The van der Waals surface area contributed by atoms with Gasteiger partial charge in [-0.1, -0.05) is 32.0 Å². The van der Waals surface area contributed by atoms with E-state index < -0.39 is 26.9 Å². The molecule has 1 N–H and O–H groups in total. The molecule has 1 amide bonds. The molecule has 0 fully saturated rings. The van der Waals surface area contributed by atoms with Crippen LogP contribution in [-0.4, -0.2) is 36.6 Å². The molecule has 0 radical (unpaired) electrons. The van der Waals surface area contributed by atoms with E-state index in [9.17, 15) is 23.3 Å². The van der Waals surface area contributed by atoms with Crippen molar-refractivity contribution in [2.24, 2.45) is 0 Å². The van der Waals surface area contributed by atoms with Crippen LogP contribution in [0.25, 0.3) is 0 Å². The lowest BCUT2D eigenvalue weighted by atomic mass is 10.1. The van der Waals surface area contributed by atoms with Crippen LogP contribution in [0.3, 0.4) is 0 Å². The van der Waals surface area contributed by atoms with Crippen LogP contribution >= 0.6 is 0 Å². The maximum atomic E-state index is 12.6. The number of hydrogen-bond acceptors (Lipinski definition) is 5. The molecule has 2 aromatic carbocycles. The zero-order valence-corrected chi connectivity index (χ0v) is 17.7. The fourth-order valence-electron chi connectivity index (χ4n) is 2.95. The van der Waals surface area contributed by atoms with Gasteiger partial charge in [0.05, 0.1) is 15.9 Å². The normalized spacial score (nSPS) is 12.6. The Hall–Kier alpha value is -2.78. The minimum absolute atomic E-state index is 0.115. The Balaban J connectivity index is 2.17. The van der Waals surface area contributed by atoms with Crippen molar-refractivity contribution in [3.8, 4) is 0 Å². The molecular weight excluding hydrogens is 394 g/mol. The maximum Gasteiger partial charge on any atom is 0.273 e. The largest absolute Gasteiger partial charge is 0.346 e. The van der Waals surface area contributed by atoms with Crippen molar-refractivity contribution < 1.29 is 18.1 Å². The van der Waals surface area contributed by atoms with Crippen molar-refractivity contribution in [1.29, 1.82) is 0 Å². The predicted molar refractivity (Wildman–Crippen MR) is 110 cm³/mol. The number of carbonyl (C=O) groups excluding carboxylic acids is 1.